The Morgan fingerprint density at radius 3 is 2.89 bits per heavy atom. The first-order valence-electron chi connectivity index (χ1n) is 7.30. The highest BCUT2D eigenvalue weighted by Crippen LogP contribution is 2.37. The third-order valence-corrected chi connectivity index (χ3v) is 4.79. The number of ether oxygens (including phenoxy) is 1. The third kappa shape index (κ3) is 2.14. The third-order valence-electron chi connectivity index (χ3n) is 4.79. The van der Waals surface area contributed by atoms with Crippen LogP contribution in [0.3, 0.4) is 0 Å². The van der Waals surface area contributed by atoms with Gasteiger partial charge in [-0.1, -0.05) is 25.1 Å². The van der Waals surface area contributed by atoms with Gasteiger partial charge in [-0.05, 0) is 43.7 Å². The van der Waals surface area contributed by atoms with Crippen LogP contribution in [0.25, 0.3) is 0 Å². The van der Waals surface area contributed by atoms with Crippen LogP contribution in [-0.2, 0) is 0 Å². The molecule has 98 valence electrons. The Hall–Kier alpha value is -1.02. The van der Waals surface area contributed by atoms with Gasteiger partial charge in [-0.3, -0.25) is 0 Å². The number of hydrogen-bond donors (Lipinski definition) is 1. The van der Waals surface area contributed by atoms with Crippen LogP contribution < -0.4 is 10.1 Å². The van der Waals surface area contributed by atoms with Crippen molar-refractivity contribution in [3.05, 3.63) is 29.8 Å². The van der Waals surface area contributed by atoms with Gasteiger partial charge in [0.15, 0.2) is 0 Å². The van der Waals surface area contributed by atoms with Crippen molar-refractivity contribution in [2.24, 2.45) is 0 Å². The van der Waals surface area contributed by atoms with E-state index in [1.54, 1.807) is 0 Å². The van der Waals surface area contributed by atoms with Crippen LogP contribution in [-0.4, -0.2) is 18.7 Å². The van der Waals surface area contributed by atoms with Crippen LogP contribution in [0.5, 0.6) is 5.75 Å². The van der Waals surface area contributed by atoms with Gasteiger partial charge in [-0.25, -0.2) is 0 Å². The molecule has 1 N–H and O–H groups in total. The minimum atomic E-state index is 0.452. The number of fused-ring (bicyclic) bond motifs is 1. The Morgan fingerprint density at radius 1 is 1.33 bits per heavy atom. The van der Waals surface area contributed by atoms with Crippen LogP contribution in [0, 0.1) is 0 Å². The first-order chi connectivity index (χ1) is 8.83. The van der Waals surface area contributed by atoms with Crippen LogP contribution in [0.2, 0.25) is 0 Å². The van der Waals surface area contributed by atoms with Crippen LogP contribution in [0.15, 0.2) is 24.3 Å². The maximum absolute atomic E-state index is 5.72. The second-order valence-electron chi connectivity index (χ2n) is 5.74. The molecule has 18 heavy (non-hydrogen) atoms. The molecular formula is C16H23NO. The zero-order valence-electron chi connectivity index (χ0n) is 11.2. The molecule has 2 aliphatic rings. The molecule has 1 aliphatic carbocycles. The van der Waals surface area contributed by atoms with E-state index in [1.807, 2.05) is 0 Å². The second-order valence-corrected chi connectivity index (χ2v) is 5.74. The zero-order chi connectivity index (χ0) is 12.4. The van der Waals surface area contributed by atoms with Crippen LogP contribution >= 0.6 is 0 Å². The average Bonchev–Trinajstić information content (AvgIpc) is 2.38. The van der Waals surface area contributed by atoms with Gasteiger partial charge in [0.05, 0.1) is 6.61 Å². The molecule has 0 saturated heterocycles. The molecule has 1 atom stereocenters. The maximum atomic E-state index is 5.72. The first-order valence-corrected chi connectivity index (χ1v) is 7.30. The largest absolute Gasteiger partial charge is 0.493 e. The van der Waals surface area contributed by atoms with Gasteiger partial charge >= 0.3 is 0 Å². The zero-order valence-corrected chi connectivity index (χ0v) is 11.2. The van der Waals surface area contributed by atoms with Gasteiger partial charge in [0.1, 0.15) is 5.75 Å². The molecular weight excluding hydrogens is 222 g/mol. The normalized spacial score (nSPS) is 24.8. The molecule has 0 radical (unpaired) electrons. The summed E-state index contributed by atoms with van der Waals surface area (Å²) in [4.78, 5) is 0. The molecule has 0 bridgehead atoms. The predicted molar refractivity (Wildman–Crippen MR) is 74.2 cm³/mol. The molecule has 1 aliphatic heterocycles. The van der Waals surface area contributed by atoms with E-state index < -0.39 is 0 Å². The minimum absolute atomic E-state index is 0.452. The highest BCUT2D eigenvalue weighted by atomic mass is 16.5. The summed E-state index contributed by atoms with van der Waals surface area (Å²) in [5, 5.41) is 3.84. The van der Waals surface area contributed by atoms with Crippen molar-refractivity contribution in [1.82, 2.24) is 5.32 Å². The molecule has 1 heterocycles. The summed E-state index contributed by atoms with van der Waals surface area (Å²) in [5.74, 6) is 1.72. The fourth-order valence-electron chi connectivity index (χ4n) is 3.23. The second kappa shape index (κ2) is 4.93. The Balaban J connectivity index is 1.67. The number of rotatable bonds is 4. The lowest BCUT2D eigenvalue weighted by Gasteiger charge is -2.43. The smallest absolute Gasteiger partial charge is 0.122 e. The monoisotopic (exact) mass is 245 g/mol. The van der Waals surface area contributed by atoms with Gasteiger partial charge < -0.3 is 10.1 Å². The SMILES string of the molecule is CCC1(NCC2CCOc3ccccc32)CCC1. The number of para-hydroxylation sites is 1. The summed E-state index contributed by atoms with van der Waals surface area (Å²) in [7, 11) is 0. The molecule has 2 heteroatoms. The molecule has 0 amide bonds. The van der Waals surface area contributed by atoms with E-state index in [2.05, 4.69) is 36.5 Å². The Morgan fingerprint density at radius 2 is 2.17 bits per heavy atom. The van der Waals surface area contributed by atoms with Crippen molar-refractivity contribution in [2.75, 3.05) is 13.2 Å². The van der Waals surface area contributed by atoms with Gasteiger partial charge in [0.2, 0.25) is 0 Å². The van der Waals surface area contributed by atoms with Crippen LogP contribution in [0.1, 0.15) is 50.5 Å². The maximum Gasteiger partial charge on any atom is 0.122 e. The van der Waals surface area contributed by atoms with E-state index >= 15 is 0 Å². The molecule has 2 nitrogen and oxygen atoms in total. The van der Waals surface area contributed by atoms with Crippen molar-refractivity contribution >= 4 is 0 Å². The van der Waals surface area contributed by atoms with Crippen molar-refractivity contribution in [1.29, 1.82) is 0 Å². The van der Waals surface area contributed by atoms with Gasteiger partial charge in [0, 0.05) is 18.0 Å². The highest BCUT2D eigenvalue weighted by Gasteiger charge is 2.35. The molecule has 3 rings (SSSR count). The summed E-state index contributed by atoms with van der Waals surface area (Å²) >= 11 is 0. The minimum Gasteiger partial charge on any atom is -0.493 e. The van der Waals surface area contributed by atoms with Gasteiger partial charge in [-0.2, -0.15) is 0 Å². The quantitative estimate of drug-likeness (QED) is 0.877. The van der Waals surface area contributed by atoms with E-state index in [0.717, 1.165) is 25.3 Å². The standard InChI is InChI=1S/C16H23NO/c1-2-16(9-5-10-16)17-12-13-8-11-18-15-7-4-3-6-14(13)15/h3-4,6-7,13,17H,2,5,8-12H2,1H3. The first kappa shape index (κ1) is 12.0. The predicted octanol–water partition coefficient (Wildman–Crippen LogP) is 3.48. The Bertz CT molecular complexity index is 406. The van der Waals surface area contributed by atoms with Crippen molar-refractivity contribution in [2.45, 2.75) is 50.5 Å². The van der Waals surface area contributed by atoms with E-state index in [9.17, 15) is 0 Å². The molecule has 1 unspecified atom stereocenters. The van der Waals surface area contributed by atoms with Gasteiger partial charge in [0.25, 0.3) is 0 Å². The lowest BCUT2D eigenvalue weighted by molar-refractivity contribution is 0.167. The van der Waals surface area contributed by atoms with E-state index in [4.69, 9.17) is 4.74 Å². The van der Waals surface area contributed by atoms with E-state index in [0.29, 0.717) is 11.5 Å². The highest BCUT2D eigenvalue weighted by molar-refractivity contribution is 5.38. The summed E-state index contributed by atoms with van der Waals surface area (Å²) in [5.41, 5.74) is 1.84. The summed E-state index contributed by atoms with van der Waals surface area (Å²) in [6, 6.07) is 8.51. The Kier molecular flexibility index (Phi) is 3.29. The van der Waals surface area contributed by atoms with Crippen molar-refractivity contribution in [3.8, 4) is 5.75 Å². The van der Waals surface area contributed by atoms with Crippen molar-refractivity contribution < 1.29 is 4.74 Å². The number of nitrogens with one attached hydrogen (secondary N) is 1. The molecule has 1 saturated carbocycles. The molecule has 1 fully saturated rings. The van der Waals surface area contributed by atoms with E-state index in [1.165, 1.54) is 31.2 Å². The molecule has 0 spiro atoms. The van der Waals surface area contributed by atoms with Crippen LogP contribution in [0.4, 0.5) is 0 Å². The molecule has 1 aromatic carbocycles. The lowest BCUT2D eigenvalue weighted by atomic mass is 9.74. The number of hydrogen-bond acceptors (Lipinski definition) is 2. The fraction of sp³-hybridized carbons (Fsp3) is 0.625. The average molecular weight is 245 g/mol. The lowest BCUT2D eigenvalue weighted by Crippen LogP contribution is -2.51. The summed E-state index contributed by atoms with van der Waals surface area (Å²) < 4.78 is 5.72. The Labute approximate surface area is 110 Å². The molecule has 0 aromatic heterocycles. The number of benzene rings is 1. The van der Waals surface area contributed by atoms with Gasteiger partial charge in [-0.15, -0.1) is 0 Å². The fourth-order valence-corrected chi connectivity index (χ4v) is 3.23. The van der Waals surface area contributed by atoms with Crippen molar-refractivity contribution in [3.63, 3.8) is 0 Å². The molecule has 1 aromatic rings. The summed E-state index contributed by atoms with van der Waals surface area (Å²) in [6.45, 7) is 4.28. The summed E-state index contributed by atoms with van der Waals surface area (Å²) in [6.07, 6.45) is 6.51. The van der Waals surface area contributed by atoms with E-state index in [-0.39, 0.29) is 0 Å². The topological polar surface area (TPSA) is 21.3 Å².